The second-order valence-corrected chi connectivity index (χ2v) is 9.80. The zero-order valence-corrected chi connectivity index (χ0v) is 19.7. The number of ether oxygens (including phenoxy) is 1. The summed E-state index contributed by atoms with van der Waals surface area (Å²) in [6.07, 6.45) is 1.44. The van der Waals surface area contributed by atoms with E-state index in [-0.39, 0.29) is 47.5 Å². The van der Waals surface area contributed by atoms with Gasteiger partial charge in [-0.25, -0.2) is 8.42 Å². The molecule has 0 unspecified atom stereocenters. The van der Waals surface area contributed by atoms with Crippen molar-refractivity contribution in [3.8, 4) is 17.2 Å². The molecule has 1 saturated carbocycles. The molecule has 2 aromatic carbocycles. The molecule has 3 aromatic rings. The molecular formula is C22H23ClN4O5S. The highest BCUT2D eigenvalue weighted by molar-refractivity contribution is 7.89. The second kappa shape index (κ2) is 9.50. The average molecular weight is 491 g/mol. The Morgan fingerprint density at radius 2 is 2.00 bits per heavy atom. The van der Waals surface area contributed by atoms with Gasteiger partial charge in [0.15, 0.2) is 0 Å². The number of halogens is 1. The number of hydrogen-bond donors (Lipinski definition) is 1. The normalized spacial score (nSPS) is 13.8. The molecule has 0 bridgehead atoms. The quantitative estimate of drug-likeness (QED) is 0.480. The summed E-state index contributed by atoms with van der Waals surface area (Å²) >= 11 is 6.21. The number of nitrogens with one attached hydrogen (secondary N) is 1. The highest BCUT2D eigenvalue weighted by Crippen LogP contribution is 2.38. The number of nitrogens with zero attached hydrogens (tertiary/aromatic N) is 3. The minimum Gasteiger partial charge on any atom is -0.492 e. The molecule has 4 rings (SSSR count). The largest absolute Gasteiger partial charge is 0.492 e. The van der Waals surface area contributed by atoms with Crippen LogP contribution in [0.5, 0.6) is 5.75 Å². The van der Waals surface area contributed by atoms with E-state index < -0.39 is 10.0 Å². The summed E-state index contributed by atoms with van der Waals surface area (Å²) in [4.78, 5) is 11.4. The highest BCUT2D eigenvalue weighted by atomic mass is 35.5. The first-order chi connectivity index (χ1) is 15.8. The Bertz CT molecular complexity index is 1270. The van der Waals surface area contributed by atoms with E-state index in [1.807, 2.05) is 0 Å². The van der Waals surface area contributed by atoms with Crippen molar-refractivity contribution < 1.29 is 22.4 Å². The monoisotopic (exact) mass is 490 g/mol. The van der Waals surface area contributed by atoms with Gasteiger partial charge >= 0.3 is 0 Å². The predicted molar refractivity (Wildman–Crippen MR) is 122 cm³/mol. The van der Waals surface area contributed by atoms with Gasteiger partial charge in [0.1, 0.15) is 10.6 Å². The number of carbonyl (C=O) groups is 1. The molecular weight excluding hydrogens is 468 g/mol. The van der Waals surface area contributed by atoms with Crippen LogP contribution in [0.3, 0.4) is 0 Å². The van der Waals surface area contributed by atoms with Crippen molar-refractivity contribution in [3.63, 3.8) is 0 Å². The van der Waals surface area contributed by atoms with E-state index in [1.54, 1.807) is 37.3 Å². The van der Waals surface area contributed by atoms with Gasteiger partial charge in [-0.1, -0.05) is 23.7 Å². The molecule has 174 valence electrons. The van der Waals surface area contributed by atoms with Crippen molar-refractivity contribution in [2.75, 3.05) is 11.9 Å². The lowest BCUT2D eigenvalue weighted by molar-refractivity contribution is -0.114. The Hall–Kier alpha value is -2.95. The molecule has 11 heteroatoms. The van der Waals surface area contributed by atoms with Crippen LogP contribution in [0.15, 0.2) is 51.8 Å². The van der Waals surface area contributed by atoms with Gasteiger partial charge in [0.05, 0.1) is 23.7 Å². The third-order valence-corrected chi connectivity index (χ3v) is 7.22. The van der Waals surface area contributed by atoms with Crippen molar-refractivity contribution in [1.29, 1.82) is 0 Å². The molecule has 1 fully saturated rings. The maximum Gasteiger partial charge on any atom is 0.249 e. The standard InChI is InChI=1S/C22H23ClN4O5S/c1-3-31-19-11-8-15(24-14(2)28)12-20(19)33(29,30)27(16-9-10-16)13-21-25-26-22(32-21)17-6-4-5-7-18(17)23/h4-8,11-12,16H,3,9-10,13H2,1-2H3,(H,24,28). The number of benzene rings is 2. The zero-order chi connectivity index (χ0) is 23.6. The van der Waals surface area contributed by atoms with E-state index in [2.05, 4.69) is 15.5 Å². The average Bonchev–Trinajstić information content (AvgIpc) is 3.50. The Morgan fingerprint density at radius 3 is 2.67 bits per heavy atom. The zero-order valence-electron chi connectivity index (χ0n) is 18.1. The molecule has 1 heterocycles. The van der Waals surface area contributed by atoms with Crippen LogP contribution >= 0.6 is 11.6 Å². The van der Waals surface area contributed by atoms with Crippen molar-refractivity contribution >= 4 is 33.2 Å². The number of amides is 1. The van der Waals surface area contributed by atoms with Gasteiger partial charge < -0.3 is 14.5 Å². The Labute approximate surface area is 196 Å². The van der Waals surface area contributed by atoms with E-state index in [0.717, 1.165) is 12.8 Å². The maximum atomic E-state index is 13.7. The fourth-order valence-corrected chi connectivity index (χ4v) is 5.37. The van der Waals surface area contributed by atoms with E-state index in [4.69, 9.17) is 20.8 Å². The van der Waals surface area contributed by atoms with Gasteiger partial charge in [-0.2, -0.15) is 4.31 Å². The van der Waals surface area contributed by atoms with Gasteiger partial charge in [-0.3, -0.25) is 4.79 Å². The fraction of sp³-hybridized carbons (Fsp3) is 0.318. The number of aromatic nitrogens is 2. The third-order valence-electron chi connectivity index (χ3n) is 4.97. The summed E-state index contributed by atoms with van der Waals surface area (Å²) < 4.78 is 40.1. The molecule has 0 saturated heterocycles. The van der Waals surface area contributed by atoms with Crippen LogP contribution in [-0.4, -0.2) is 41.5 Å². The van der Waals surface area contributed by atoms with E-state index >= 15 is 0 Å². The van der Waals surface area contributed by atoms with E-state index in [0.29, 0.717) is 16.3 Å². The van der Waals surface area contributed by atoms with Crippen molar-refractivity contribution in [1.82, 2.24) is 14.5 Å². The molecule has 0 aliphatic heterocycles. The van der Waals surface area contributed by atoms with Crippen LogP contribution in [0.2, 0.25) is 5.02 Å². The SMILES string of the molecule is CCOc1ccc(NC(C)=O)cc1S(=O)(=O)N(Cc1nnc(-c2ccccc2Cl)o1)C1CC1. The molecule has 1 aromatic heterocycles. The van der Waals surface area contributed by atoms with Crippen molar-refractivity contribution in [2.24, 2.45) is 0 Å². The Kier molecular flexibility index (Phi) is 6.68. The summed E-state index contributed by atoms with van der Waals surface area (Å²) in [5, 5.41) is 11.1. The molecule has 1 N–H and O–H groups in total. The van der Waals surface area contributed by atoms with Crippen molar-refractivity contribution in [3.05, 3.63) is 53.4 Å². The van der Waals surface area contributed by atoms with Gasteiger partial charge in [-0.15, -0.1) is 10.2 Å². The summed E-state index contributed by atoms with van der Waals surface area (Å²) in [7, 11) is -4.01. The predicted octanol–water partition coefficient (Wildman–Crippen LogP) is 4.10. The van der Waals surface area contributed by atoms with Crippen LogP contribution < -0.4 is 10.1 Å². The first kappa shape index (κ1) is 23.2. The fourth-order valence-electron chi connectivity index (χ4n) is 3.36. The summed E-state index contributed by atoms with van der Waals surface area (Å²) in [5.41, 5.74) is 0.930. The second-order valence-electron chi connectivity index (χ2n) is 7.54. The van der Waals surface area contributed by atoms with Crippen LogP contribution in [0, 0.1) is 0 Å². The highest BCUT2D eigenvalue weighted by Gasteiger charge is 2.40. The van der Waals surface area contributed by atoms with Gasteiger partial charge in [0.2, 0.25) is 27.7 Å². The number of rotatable bonds is 9. The lowest BCUT2D eigenvalue weighted by Crippen LogP contribution is -2.33. The van der Waals surface area contributed by atoms with Crippen molar-refractivity contribution in [2.45, 2.75) is 44.2 Å². The minimum atomic E-state index is -4.01. The molecule has 1 amide bonds. The van der Waals surface area contributed by atoms with Crippen LogP contribution in [0.25, 0.3) is 11.5 Å². The summed E-state index contributed by atoms with van der Waals surface area (Å²) in [5.74, 6) is 0.266. The number of hydrogen-bond acceptors (Lipinski definition) is 7. The molecule has 9 nitrogen and oxygen atoms in total. The van der Waals surface area contributed by atoms with Crippen LogP contribution in [0.1, 0.15) is 32.6 Å². The van der Waals surface area contributed by atoms with Gasteiger partial charge in [0, 0.05) is 18.7 Å². The first-order valence-corrected chi connectivity index (χ1v) is 12.2. The molecule has 1 aliphatic carbocycles. The van der Waals surface area contributed by atoms with Crippen LogP contribution in [-0.2, 0) is 21.4 Å². The van der Waals surface area contributed by atoms with E-state index in [9.17, 15) is 13.2 Å². The number of anilines is 1. The minimum absolute atomic E-state index is 0.0339. The number of carbonyl (C=O) groups excluding carboxylic acids is 1. The molecule has 0 spiro atoms. The van der Waals surface area contributed by atoms with Crippen LogP contribution in [0.4, 0.5) is 5.69 Å². The lowest BCUT2D eigenvalue weighted by atomic mass is 10.2. The summed E-state index contributed by atoms with van der Waals surface area (Å²) in [6, 6.07) is 11.4. The smallest absolute Gasteiger partial charge is 0.249 e. The topological polar surface area (TPSA) is 115 Å². The molecule has 1 aliphatic rings. The maximum absolute atomic E-state index is 13.7. The Morgan fingerprint density at radius 1 is 1.24 bits per heavy atom. The molecule has 0 atom stereocenters. The Balaban J connectivity index is 1.67. The summed E-state index contributed by atoms with van der Waals surface area (Å²) in [6.45, 7) is 3.31. The number of sulfonamides is 1. The lowest BCUT2D eigenvalue weighted by Gasteiger charge is -2.22. The van der Waals surface area contributed by atoms with Gasteiger partial charge in [0.25, 0.3) is 0 Å². The van der Waals surface area contributed by atoms with E-state index in [1.165, 1.54) is 23.4 Å². The molecule has 0 radical (unpaired) electrons. The first-order valence-electron chi connectivity index (χ1n) is 10.4. The molecule has 33 heavy (non-hydrogen) atoms. The van der Waals surface area contributed by atoms with Gasteiger partial charge in [-0.05, 0) is 50.1 Å². The third kappa shape index (κ3) is 5.18.